The average molecular weight is 478 g/mol. The fraction of sp³-hybridized carbons (Fsp3) is 0.176. The second kappa shape index (κ2) is 10.4. The number of hydrogen-bond acceptors (Lipinski definition) is 5. The molecule has 29 heavy (non-hydrogen) atoms. The zero-order valence-electron chi connectivity index (χ0n) is 14.6. The number of halogens is 3. The highest BCUT2D eigenvalue weighted by Gasteiger charge is 2.35. The van der Waals surface area contributed by atoms with Crippen LogP contribution in [-0.2, 0) is 11.3 Å². The number of carbonyl (C=O) groups is 1. The molecule has 0 aromatic heterocycles. The number of ether oxygens (including phenoxy) is 1. The first-order chi connectivity index (χ1) is 13.6. The molecule has 0 spiro atoms. The predicted octanol–water partition coefficient (Wildman–Crippen LogP) is 4.50. The number of nitrogens with zero attached hydrogens (tertiary/aromatic N) is 1. The molecule has 0 aliphatic carbocycles. The standard InChI is InChI=1S/C17H15Cl3N4O4S/c18-17(19,20)14(23-16(25)28-10-11-5-2-1-3-6-11)22-15(29)21-12-7-4-8-13(9-12)24(26)27/h1-9,14H,10H2,(H,23,25)(H2,21,22,29)/t14-/m1/s1. The number of alkyl carbamates (subject to hydrolysis) is 1. The van der Waals surface area contributed by atoms with Gasteiger partial charge in [0.15, 0.2) is 11.3 Å². The number of hydrogen-bond donors (Lipinski definition) is 3. The van der Waals surface area contributed by atoms with Gasteiger partial charge >= 0.3 is 6.09 Å². The second-order valence-electron chi connectivity index (χ2n) is 5.59. The minimum atomic E-state index is -1.97. The van der Waals surface area contributed by atoms with Crippen molar-refractivity contribution in [3.63, 3.8) is 0 Å². The Hall–Kier alpha value is -2.33. The lowest BCUT2D eigenvalue weighted by atomic mass is 10.2. The van der Waals surface area contributed by atoms with Crippen molar-refractivity contribution >= 4 is 69.6 Å². The summed E-state index contributed by atoms with van der Waals surface area (Å²) in [4.78, 5) is 22.3. The van der Waals surface area contributed by atoms with Gasteiger partial charge in [0, 0.05) is 17.8 Å². The van der Waals surface area contributed by atoms with E-state index in [1.807, 2.05) is 6.07 Å². The molecule has 0 aliphatic rings. The fourth-order valence-electron chi connectivity index (χ4n) is 2.08. The Balaban J connectivity index is 1.95. The Kier molecular flexibility index (Phi) is 8.27. The molecule has 0 unspecified atom stereocenters. The van der Waals surface area contributed by atoms with Crippen LogP contribution in [0.2, 0.25) is 0 Å². The first-order valence-electron chi connectivity index (χ1n) is 8.01. The second-order valence-corrected chi connectivity index (χ2v) is 8.36. The number of alkyl halides is 3. The van der Waals surface area contributed by atoms with E-state index < -0.39 is 21.0 Å². The van der Waals surface area contributed by atoms with Crippen molar-refractivity contribution in [2.75, 3.05) is 5.32 Å². The van der Waals surface area contributed by atoms with Crippen molar-refractivity contribution in [1.29, 1.82) is 0 Å². The topological polar surface area (TPSA) is 106 Å². The Bertz CT molecular complexity index is 880. The number of non-ortho nitro benzene ring substituents is 1. The number of nitro groups is 1. The average Bonchev–Trinajstić information content (AvgIpc) is 2.66. The number of rotatable bonds is 6. The van der Waals surface area contributed by atoms with Gasteiger partial charge < -0.3 is 15.4 Å². The number of thiocarbonyl (C=S) groups is 1. The molecule has 3 N–H and O–H groups in total. The highest BCUT2D eigenvalue weighted by Crippen LogP contribution is 2.29. The zero-order valence-corrected chi connectivity index (χ0v) is 17.7. The van der Waals surface area contributed by atoms with E-state index in [0.29, 0.717) is 5.69 Å². The summed E-state index contributed by atoms with van der Waals surface area (Å²) in [5.41, 5.74) is 0.994. The molecule has 8 nitrogen and oxygen atoms in total. The fourth-order valence-corrected chi connectivity index (χ4v) is 2.64. The van der Waals surface area contributed by atoms with Gasteiger partial charge in [-0.2, -0.15) is 0 Å². The molecule has 0 aliphatic heterocycles. The molecule has 1 amide bonds. The minimum absolute atomic E-state index is 0.0234. The predicted molar refractivity (Wildman–Crippen MR) is 116 cm³/mol. The van der Waals surface area contributed by atoms with E-state index in [4.69, 9.17) is 51.8 Å². The van der Waals surface area contributed by atoms with E-state index in [1.54, 1.807) is 30.3 Å². The summed E-state index contributed by atoms with van der Waals surface area (Å²) in [6, 6.07) is 14.7. The first-order valence-corrected chi connectivity index (χ1v) is 9.55. The molecular formula is C17H15Cl3N4O4S. The van der Waals surface area contributed by atoms with Crippen molar-refractivity contribution in [1.82, 2.24) is 10.6 Å². The van der Waals surface area contributed by atoms with Crippen molar-refractivity contribution in [3.8, 4) is 0 Å². The summed E-state index contributed by atoms with van der Waals surface area (Å²) < 4.78 is 3.12. The van der Waals surface area contributed by atoms with Crippen LogP contribution in [-0.4, -0.2) is 26.1 Å². The van der Waals surface area contributed by atoms with Gasteiger partial charge in [-0.3, -0.25) is 15.4 Å². The third kappa shape index (κ3) is 7.90. The van der Waals surface area contributed by atoms with E-state index in [9.17, 15) is 14.9 Å². The molecule has 12 heteroatoms. The Morgan fingerprint density at radius 1 is 1.14 bits per heavy atom. The highest BCUT2D eigenvalue weighted by molar-refractivity contribution is 7.80. The molecule has 2 rings (SSSR count). The van der Waals surface area contributed by atoms with E-state index in [2.05, 4.69) is 16.0 Å². The maximum Gasteiger partial charge on any atom is 0.409 e. The Morgan fingerprint density at radius 2 is 1.83 bits per heavy atom. The van der Waals surface area contributed by atoms with Crippen LogP contribution < -0.4 is 16.0 Å². The van der Waals surface area contributed by atoms with E-state index in [1.165, 1.54) is 18.2 Å². The molecule has 2 aromatic carbocycles. The third-order valence-electron chi connectivity index (χ3n) is 3.39. The molecule has 0 heterocycles. The summed E-state index contributed by atoms with van der Waals surface area (Å²) in [7, 11) is 0. The molecule has 0 bridgehead atoms. The number of nitro benzene ring substituents is 1. The number of nitrogens with one attached hydrogen (secondary N) is 3. The summed E-state index contributed by atoms with van der Waals surface area (Å²) in [6.07, 6.45) is -2.08. The number of amides is 1. The van der Waals surface area contributed by atoms with Crippen LogP contribution in [0.1, 0.15) is 5.56 Å². The van der Waals surface area contributed by atoms with Crippen LogP contribution in [0.5, 0.6) is 0 Å². The quantitative estimate of drug-likeness (QED) is 0.185. The third-order valence-corrected chi connectivity index (χ3v) is 4.27. The molecule has 1 atom stereocenters. The van der Waals surface area contributed by atoms with Crippen molar-refractivity contribution in [3.05, 3.63) is 70.3 Å². The van der Waals surface area contributed by atoms with Crippen LogP contribution in [0.4, 0.5) is 16.2 Å². The van der Waals surface area contributed by atoms with Gasteiger partial charge in [0.25, 0.3) is 5.69 Å². The van der Waals surface area contributed by atoms with Crippen molar-refractivity contribution in [2.45, 2.75) is 16.6 Å². The van der Waals surface area contributed by atoms with Gasteiger partial charge in [0.1, 0.15) is 6.61 Å². The van der Waals surface area contributed by atoms with E-state index >= 15 is 0 Å². The molecule has 154 valence electrons. The highest BCUT2D eigenvalue weighted by atomic mass is 35.6. The summed E-state index contributed by atoms with van der Waals surface area (Å²) in [5, 5.41) is 18.5. The SMILES string of the molecule is O=C(N[C@@H](NC(=S)Nc1cccc([N+](=O)[O-])c1)C(Cl)(Cl)Cl)OCc1ccccc1. The molecular weight excluding hydrogens is 463 g/mol. The summed E-state index contributed by atoms with van der Waals surface area (Å²) >= 11 is 22.8. The maximum absolute atomic E-state index is 12.0. The molecule has 2 aromatic rings. The van der Waals surface area contributed by atoms with Crippen molar-refractivity contribution < 1.29 is 14.5 Å². The smallest absolute Gasteiger partial charge is 0.409 e. The lowest BCUT2D eigenvalue weighted by Gasteiger charge is -2.27. The van der Waals surface area contributed by atoms with Crippen LogP contribution in [0.25, 0.3) is 0 Å². The van der Waals surface area contributed by atoms with Crippen LogP contribution in [0, 0.1) is 10.1 Å². The Labute approximate surface area is 186 Å². The lowest BCUT2D eigenvalue weighted by Crippen LogP contribution is -2.56. The molecule has 0 fully saturated rings. The van der Waals surface area contributed by atoms with Gasteiger partial charge in [-0.25, -0.2) is 4.79 Å². The van der Waals surface area contributed by atoms with E-state index in [0.717, 1.165) is 5.56 Å². The van der Waals surface area contributed by atoms with Gasteiger partial charge in [-0.05, 0) is 23.8 Å². The minimum Gasteiger partial charge on any atom is -0.445 e. The van der Waals surface area contributed by atoms with Gasteiger partial charge in [0.05, 0.1) is 4.92 Å². The van der Waals surface area contributed by atoms with Crippen molar-refractivity contribution in [2.24, 2.45) is 0 Å². The maximum atomic E-state index is 12.0. The first kappa shape index (κ1) is 23.0. The number of benzene rings is 2. The number of carbonyl (C=O) groups excluding carboxylic acids is 1. The van der Waals surface area contributed by atoms with Gasteiger partial charge in [-0.15, -0.1) is 0 Å². The van der Waals surface area contributed by atoms with Crippen LogP contribution >= 0.6 is 47.0 Å². The largest absolute Gasteiger partial charge is 0.445 e. The number of anilines is 1. The normalized spacial score (nSPS) is 11.8. The van der Waals surface area contributed by atoms with Crippen LogP contribution in [0.15, 0.2) is 54.6 Å². The lowest BCUT2D eigenvalue weighted by molar-refractivity contribution is -0.384. The van der Waals surface area contributed by atoms with Gasteiger partial charge in [-0.1, -0.05) is 71.2 Å². The van der Waals surface area contributed by atoms with Crippen LogP contribution in [0.3, 0.4) is 0 Å². The summed E-state index contributed by atoms with van der Waals surface area (Å²) in [5.74, 6) is 0. The Morgan fingerprint density at radius 3 is 2.45 bits per heavy atom. The molecule has 0 saturated heterocycles. The monoisotopic (exact) mass is 476 g/mol. The molecule has 0 saturated carbocycles. The summed E-state index contributed by atoms with van der Waals surface area (Å²) in [6.45, 7) is 0.0234. The molecule has 0 radical (unpaired) electrons. The zero-order chi connectivity index (χ0) is 21.4. The van der Waals surface area contributed by atoms with Gasteiger partial charge in [0.2, 0.25) is 3.79 Å². The van der Waals surface area contributed by atoms with E-state index in [-0.39, 0.29) is 17.4 Å².